The highest BCUT2D eigenvalue weighted by Crippen LogP contribution is 2.06. The molecule has 1 N–H and O–H groups in total. The number of hydrogen-bond donors (Lipinski definition) is 1. The van der Waals surface area contributed by atoms with E-state index in [1.54, 1.807) is 6.26 Å². The van der Waals surface area contributed by atoms with E-state index in [4.69, 9.17) is 13.9 Å². The van der Waals surface area contributed by atoms with E-state index in [1.807, 2.05) is 12.1 Å². The Hall–Kier alpha value is -0.840. The summed E-state index contributed by atoms with van der Waals surface area (Å²) in [5.74, 6) is 1.05. The van der Waals surface area contributed by atoms with E-state index in [-0.39, 0.29) is 6.10 Å². The van der Waals surface area contributed by atoms with Crippen LogP contribution in [0.3, 0.4) is 0 Å². The molecule has 0 saturated carbocycles. The zero-order valence-electron chi connectivity index (χ0n) is 10.4. The molecule has 1 aliphatic rings. The van der Waals surface area contributed by atoms with Crippen molar-refractivity contribution in [3.05, 3.63) is 24.2 Å². The Morgan fingerprint density at radius 2 is 2.41 bits per heavy atom. The molecule has 1 fully saturated rings. The maximum atomic E-state index is 5.57. The van der Waals surface area contributed by atoms with E-state index in [1.165, 1.54) is 0 Å². The van der Waals surface area contributed by atoms with Gasteiger partial charge >= 0.3 is 0 Å². The van der Waals surface area contributed by atoms with Gasteiger partial charge in [0, 0.05) is 19.0 Å². The van der Waals surface area contributed by atoms with E-state index in [0.29, 0.717) is 19.3 Å². The van der Waals surface area contributed by atoms with Crippen LogP contribution in [-0.2, 0) is 15.9 Å². The van der Waals surface area contributed by atoms with Crippen LogP contribution in [0.2, 0.25) is 0 Å². The largest absolute Gasteiger partial charge is 0.469 e. The third-order valence-electron chi connectivity index (χ3n) is 2.98. The van der Waals surface area contributed by atoms with E-state index in [9.17, 15) is 0 Å². The third kappa shape index (κ3) is 4.50. The fraction of sp³-hybridized carbons (Fsp3) is 0.692. The molecule has 0 amide bonds. The van der Waals surface area contributed by atoms with Crippen LogP contribution in [0.25, 0.3) is 0 Å². The van der Waals surface area contributed by atoms with Crippen molar-refractivity contribution in [2.24, 2.45) is 0 Å². The normalized spacial score (nSPS) is 22.5. The van der Waals surface area contributed by atoms with Crippen molar-refractivity contribution >= 4 is 0 Å². The first-order valence-corrected chi connectivity index (χ1v) is 6.29. The maximum absolute atomic E-state index is 5.57. The van der Waals surface area contributed by atoms with Crippen molar-refractivity contribution in [1.82, 2.24) is 5.32 Å². The van der Waals surface area contributed by atoms with Crippen molar-refractivity contribution < 1.29 is 13.9 Å². The predicted molar refractivity (Wildman–Crippen MR) is 65.1 cm³/mol. The van der Waals surface area contributed by atoms with Crippen molar-refractivity contribution in [1.29, 1.82) is 0 Å². The van der Waals surface area contributed by atoms with Crippen LogP contribution in [-0.4, -0.2) is 38.5 Å². The summed E-state index contributed by atoms with van der Waals surface area (Å²) in [5, 5.41) is 3.47. The van der Waals surface area contributed by atoms with Gasteiger partial charge in [-0.05, 0) is 25.5 Å². The van der Waals surface area contributed by atoms with Gasteiger partial charge in [0.1, 0.15) is 5.76 Å². The second-order valence-corrected chi connectivity index (χ2v) is 4.50. The first-order valence-electron chi connectivity index (χ1n) is 6.29. The molecule has 1 aromatic heterocycles. The molecule has 4 nitrogen and oxygen atoms in total. The average Bonchev–Trinajstić information content (AvgIpc) is 2.88. The summed E-state index contributed by atoms with van der Waals surface area (Å²) >= 11 is 0. The Morgan fingerprint density at radius 3 is 3.12 bits per heavy atom. The van der Waals surface area contributed by atoms with Gasteiger partial charge in [0.05, 0.1) is 32.2 Å². The molecule has 0 spiro atoms. The van der Waals surface area contributed by atoms with Crippen LogP contribution < -0.4 is 5.32 Å². The Kier molecular flexibility index (Phi) is 5.04. The lowest BCUT2D eigenvalue weighted by molar-refractivity contribution is -0.0869. The fourth-order valence-corrected chi connectivity index (χ4v) is 1.90. The van der Waals surface area contributed by atoms with Crippen molar-refractivity contribution in [3.63, 3.8) is 0 Å². The zero-order chi connectivity index (χ0) is 11.9. The highest BCUT2D eigenvalue weighted by atomic mass is 16.6. The molecule has 1 saturated heterocycles. The summed E-state index contributed by atoms with van der Waals surface area (Å²) in [6.07, 6.45) is 3.97. The lowest BCUT2D eigenvalue weighted by atomic mass is 10.1. The number of hydrogen-bond acceptors (Lipinski definition) is 4. The second-order valence-electron chi connectivity index (χ2n) is 4.50. The Morgan fingerprint density at radius 1 is 1.47 bits per heavy atom. The van der Waals surface area contributed by atoms with Crippen molar-refractivity contribution in [2.75, 3.05) is 26.4 Å². The minimum Gasteiger partial charge on any atom is -0.469 e. The lowest BCUT2D eigenvalue weighted by Crippen LogP contribution is -2.40. The topological polar surface area (TPSA) is 43.6 Å². The van der Waals surface area contributed by atoms with E-state index >= 15 is 0 Å². The molecular formula is C13H21NO3. The first kappa shape index (κ1) is 12.6. The summed E-state index contributed by atoms with van der Waals surface area (Å²) in [4.78, 5) is 0. The van der Waals surface area contributed by atoms with Gasteiger partial charge in [0.25, 0.3) is 0 Å². The predicted octanol–water partition coefficient (Wildman–Crippen LogP) is 1.61. The zero-order valence-corrected chi connectivity index (χ0v) is 10.4. The summed E-state index contributed by atoms with van der Waals surface area (Å²) < 4.78 is 16.2. The van der Waals surface area contributed by atoms with Gasteiger partial charge in [-0.25, -0.2) is 0 Å². The highest BCUT2D eigenvalue weighted by Gasteiger charge is 2.14. The monoisotopic (exact) mass is 239 g/mol. The fourth-order valence-electron chi connectivity index (χ4n) is 1.90. The summed E-state index contributed by atoms with van der Waals surface area (Å²) in [6.45, 7) is 5.20. The molecule has 1 aliphatic heterocycles. The van der Waals surface area contributed by atoms with E-state index in [2.05, 4.69) is 12.2 Å². The summed E-state index contributed by atoms with van der Waals surface area (Å²) in [7, 11) is 0. The summed E-state index contributed by atoms with van der Waals surface area (Å²) in [5.41, 5.74) is 0. The van der Waals surface area contributed by atoms with Gasteiger partial charge < -0.3 is 19.2 Å². The lowest BCUT2D eigenvalue weighted by Gasteiger charge is -2.24. The van der Waals surface area contributed by atoms with Crippen LogP contribution in [0.5, 0.6) is 0 Å². The van der Waals surface area contributed by atoms with Crippen LogP contribution in [0, 0.1) is 0 Å². The Balaban J connectivity index is 1.58. The number of nitrogens with one attached hydrogen (secondary N) is 1. The minimum atomic E-state index is 0.204. The van der Waals surface area contributed by atoms with Crippen LogP contribution >= 0.6 is 0 Å². The molecule has 2 atom stereocenters. The molecule has 0 bridgehead atoms. The number of furan rings is 1. The van der Waals surface area contributed by atoms with Crippen LogP contribution in [0.15, 0.2) is 22.8 Å². The van der Waals surface area contributed by atoms with Gasteiger partial charge in [0.2, 0.25) is 0 Å². The first-order chi connectivity index (χ1) is 8.34. The molecular weight excluding hydrogens is 218 g/mol. The third-order valence-corrected chi connectivity index (χ3v) is 2.98. The number of rotatable bonds is 6. The molecule has 17 heavy (non-hydrogen) atoms. The van der Waals surface area contributed by atoms with Crippen LogP contribution in [0.1, 0.15) is 19.1 Å². The highest BCUT2D eigenvalue weighted by molar-refractivity contribution is 4.98. The quantitative estimate of drug-likeness (QED) is 0.819. The Bertz CT molecular complexity index is 294. The molecule has 4 heteroatoms. The molecule has 2 rings (SSSR count). The molecule has 2 unspecified atom stereocenters. The molecule has 0 aliphatic carbocycles. The van der Waals surface area contributed by atoms with Gasteiger partial charge in [-0.1, -0.05) is 0 Å². The molecule has 96 valence electrons. The minimum absolute atomic E-state index is 0.204. The average molecular weight is 239 g/mol. The molecule has 0 radical (unpaired) electrons. The smallest absolute Gasteiger partial charge is 0.103 e. The number of aryl methyl sites for hydroxylation is 1. The molecule has 0 aromatic carbocycles. The van der Waals surface area contributed by atoms with Gasteiger partial charge in [-0.2, -0.15) is 0 Å². The second kappa shape index (κ2) is 6.79. The summed E-state index contributed by atoms with van der Waals surface area (Å²) in [6, 6.07) is 4.41. The van der Waals surface area contributed by atoms with Crippen molar-refractivity contribution in [3.8, 4) is 0 Å². The molecule has 2 heterocycles. The van der Waals surface area contributed by atoms with Gasteiger partial charge in [-0.3, -0.25) is 0 Å². The van der Waals surface area contributed by atoms with Crippen LogP contribution in [0.4, 0.5) is 0 Å². The van der Waals surface area contributed by atoms with Crippen molar-refractivity contribution in [2.45, 2.75) is 31.9 Å². The van der Waals surface area contributed by atoms with Gasteiger partial charge in [-0.15, -0.1) is 0 Å². The SMILES string of the molecule is CC(CCc1ccco1)NCC1COCCO1. The number of ether oxygens (including phenoxy) is 2. The van der Waals surface area contributed by atoms with Gasteiger partial charge in [0.15, 0.2) is 0 Å². The standard InChI is InChI=1S/C13H21NO3/c1-11(4-5-12-3-2-6-16-12)14-9-13-10-15-7-8-17-13/h2-3,6,11,13-14H,4-5,7-10H2,1H3. The Labute approximate surface area is 102 Å². The van der Waals surface area contributed by atoms with E-state index < -0.39 is 0 Å². The molecule has 1 aromatic rings. The van der Waals surface area contributed by atoms with E-state index in [0.717, 1.165) is 31.8 Å². The maximum Gasteiger partial charge on any atom is 0.103 e.